The zero-order valence-electron chi connectivity index (χ0n) is 17.6. The Morgan fingerprint density at radius 2 is 2.09 bits per heavy atom. The van der Waals surface area contributed by atoms with Crippen LogP contribution in [-0.2, 0) is 13.0 Å². The van der Waals surface area contributed by atoms with Crippen molar-refractivity contribution in [2.45, 2.75) is 57.2 Å². The van der Waals surface area contributed by atoms with E-state index in [1.807, 2.05) is 35.5 Å². The number of aryl methyl sites for hydroxylation is 1. The highest BCUT2D eigenvalue weighted by Crippen LogP contribution is 2.33. The smallest absolute Gasteiger partial charge is 0.223 e. The van der Waals surface area contributed by atoms with Crippen LogP contribution in [0.2, 0.25) is 0 Å². The quantitative estimate of drug-likeness (QED) is 0.533. The highest BCUT2D eigenvalue weighted by molar-refractivity contribution is 5.70. The van der Waals surface area contributed by atoms with Gasteiger partial charge in [0.15, 0.2) is 5.65 Å². The number of hydrogen-bond donors (Lipinski definition) is 1. The maximum atomic E-state index is 9.61. The van der Waals surface area contributed by atoms with Crippen LogP contribution in [0.3, 0.4) is 0 Å². The molecule has 1 fully saturated rings. The first-order chi connectivity index (χ1) is 15.8. The zero-order valence-corrected chi connectivity index (χ0v) is 17.6. The van der Waals surface area contributed by atoms with Crippen LogP contribution in [0.4, 0.5) is 5.95 Å². The number of aromatic nitrogens is 7. The molecule has 0 spiro atoms. The Morgan fingerprint density at radius 1 is 1.12 bits per heavy atom. The Balaban J connectivity index is 1.26. The van der Waals surface area contributed by atoms with Gasteiger partial charge in [-0.2, -0.15) is 10.4 Å². The Labute approximate surface area is 185 Å². The second-order valence-corrected chi connectivity index (χ2v) is 8.56. The van der Waals surface area contributed by atoms with Crippen LogP contribution in [0.15, 0.2) is 37.1 Å². The molecule has 1 aliphatic carbocycles. The second-order valence-electron chi connectivity index (χ2n) is 8.56. The molecule has 1 saturated carbocycles. The molecule has 0 radical (unpaired) electrons. The van der Waals surface area contributed by atoms with Gasteiger partial charge in [0.25, 0.3) is 0 Å². The number of rotatable bonds is 4. The lowest BCUT2D eigenvalue weighted by atomic mass is 9.91. The van der Waals surface area contributed by atoms with Crippen molar-refractivity contribution in [1.29, 1.82) is 5.26 Å². The summed E-state index contributed by atoms with van der Waals surface area (Å²) in [6.07, 6.45) is 13.4. The van der Waals surface area contributed by atoms with Crippen molar-refractivity contribution in [2.75, 3.05) is 5.32 Å². The van der Waals surface area contributed by atoms with Gasteiger partial charge in [0, 0.05) is 36.1 Å². The number of pyridine rings is 1. The monoisotopic (exact) mass is 425 g/mol. The van der Waals surface area contributed by atoms with Gasteiger partial charge in [-0.15, -0.1) is 0 Å². The molecule has 0 aromatic carbocycles. The fourth-order valence-corrected chi connectivity index (χ4v) is 5.06. The van der Waals surface area contributed by atoms with Gasteiger partial charge in [0.2, 0.25) is 5.95 Å². The predicted molar refractivity (Wildman–Crippen MR) is 119 cm³/mol. The molecule has 4 aromatic heterocycles. The molecule has 0 amide bonds. The Morgan fingerprint density at radius 3 is 3.03 bits per heavy atom. The van der Waals surface area contributed by atoms with Crippen LogP contribution >= 0.6 is 0 Å². The van der Waals surface area contributed by atoms with Crippen molar-refractivity contribution >= 4 is 17.1 Å². The summed E-state index contributed by atoms with van der Waals surface area (Å²) in [7, 11) is 0. The van der Waals surface area contributed by atoms with E-state index in [1.54, 1.807) is 6.20 Å². The van der Waals surface area contributed by atoms with Crippen LogP contribution in [-0.4, -0.2) is 40.3 Å². The maximum absolute atomic E-state index is 9.61. The van der Waals surface area contributed by atoms with E-state index in [-0.39, 0.29) is 6.04 Å². The van der Waals surface area contributed by atoms with E-state index in [9.17, 15) is 5.26 Å². The Hall–Kier alpha value is -3.80. The minimum absolute atomic E-state index is 0.244. The summed E-state index contributed by atoms with van der Waals surface area (Å²) < 4.78 is 4.21. The standard InChI is InChI=1S/C23H23N9/c24-11-15-12-26-23(30-21(15)18-13-28-32-9-3-7-20(18)32)29-16-4-1-5-17(10-16)31-14-27-19-6-2-8-25-22(19)31/h2,6,8,12-14,16-17H,1,3-5,7,9-10H2,(H,26,29,30)/t16-,17+/m1/s1. The van der Waals surface area contributed by atoms with E-state index in [0.717, 1.165) is 67.5 Å². The molecule has 1 N–H and O–H groups in total. The first-order valence-electron chi connectivity index (χ1n) is 11.2. The van der Waals surface area contributed by atoms with Gasteiger partial charge in [-0.05, 0) is 50.7 Å². The SMILES string of the molecule is N#Cc1cnc(N[C@@H]2CCC[C@H](n3cnc4cccnc43)C2)nc1-c1cnn2c1CCC2. The number of anilines is 1. The molecular formula is C23H23N9. The number of nitrogens with one attached hydrogen (secondary N) is 1. The third-order valence-electron chi connectivity index (χ3n) is 6.60. The Kier molecular flexibility index (Phi) is 4.56. The summed E-state index contributed by atoms with van der Waals surface area (Å²) in [6, 6.07) is 6.73. The molecule has 0 bridgehead atoms. The molecule has 32 heavy (non-hydrogen) atoms. The summed E-state index contributed by atoms with van der Waals surface area (Å²) in [4.78, 5) is 18.2. The van der Waals surface area contributed by atoms with Crippen molar-refractivity contribution in [3.8, 4) is 17.3 Å². The van der Waals surface area contributed by atoms with Gasteiger partial charge in [-0.3, -0.25) is 4.68 Å². The van der Waals surface area contributed by atoms with E-state index in [1.165, 1.54) is 0 Å². The van der Waals surface area contributed by atoms with E-state index < -0.39 is 0 Å². The molecule has 1 aliphatic heterocycles. The van der Waals surface area contributed by atoms with Gasteiger partial charge in [-0.25, -0.2) is 19.9 Å². The number of nitriles is 1. The third-order valence-corrected chi connectivity index (χ3v) is 6.60. The Bertz CT molecular complexity index is 1330. The van der Waals surface area contributed by atoms with Crippen LogP contribution in [0.25, 0.3) is 22.4 Å². The van der Waals surface area contributed by atoms with Gasteiger partial charge >= 0.3 is 0 Å². The van der Waals surface area contributed by atoms with E-state index in [4.69, 9.17) is 4.98 Å². The molecule has 4 aromatic rings. The average molecular weight is 426 g/mol. The maximum Gasteiger partial charge on any atom is 0.223 e. The first kappa shape index (κ1) is 18.9. The molecule has 0 unspecified atom stereocenters. The summed E-state index contributed by atoms with van der Waals surface area (Å²) in [5.41, 5.74) is 5.12. The van der Waals surface area contributed by atoms with Crippen molar-refractivity contribution in [3.05, 3.63) is 48.3 Å². The minimum Gasteiger partial charge on any atom is -0.351 e. The van der Waals surface area contributed by atoms with Gasteiger partial charge in [0.05, 0.1) is 30.0 Å². The second kappa shape index (κ2) is 7.71. The molecular weight excluding hydrogens is 402 g/mol. The molecule has 5 heterocycles. The van der Waals surface area contributed by atoms with Crippen molar-refractivity contribution in [3.63, 3.8) is 0 Å². The van der Waals surface area contributed by atoms with Crippen LogP contribution < -0.4 is 5.32 Å². The van der Waals surface area contributed by atoms with Crippen molar-refractivity contribution in [1.82, 2.24) is 34.3 Å². The third kappa shape index (κ3) is 3.19. The van der Waals surface area contributed by atoms with Crippen LogP contribution in [0.5, 0.6) is 0 Å². The zero-order chi connectivity index (χ0) is 21.5. The molecule has 9 nitrogen and oxygen atoms in total. The van der Waals surface area contributed by atoms with E-state index in [2.05, 4.69) is 36.0 Å². The number of nitrogens with zero attached hydrogens (tertiary/aromatic N) is 8. The summed E-state index contributed by atoms with van der Waals surface area (Å²) in [6.45, 7) is 0.925. The summed E-state index contributed by atoms with van der Waals surface area (Å²) >= 11 is 0. The average Bonchev–Trinajstić information content (AvgIpc) is 3.55. The van der Waals surface area contributed by atoms with Crippen molar-refractivity contribution < 1.29 is 0 Å². The van der Waals surface area contributed by atoms with Crippen LogP contribution in [0.1, 0.15) is 49.4 Å². The predicted octanol–water partition coefficient (Wildman–Crippen LogP) is 3.50. The van der Waals surface area contributed by atoms with Gasteiger partial charge in [-0.1, -0.05) is 0 Å². The molecule has 0 saturated heterocycles. The van der Waals surface area contributed by atoms with E-state index in [0.29, 0.717) is 23.2 Å². The molecule has 160 valence electrons. The molecule has 2 aliphatic rings. The molecule has 2 atom stereocenters. The van der Waals surface area contributed by atoms with Crippen LogP contribution in [0, 0.1) is 11.3 Å². The normalized spacial score (nSPS) is 20.2. The summed E-state index contributed by atoms with van der Waals surface area (Å²) in [5, 5.41) is 17.6. The molecule has 6 rings (SSSR count). The minimum atomic E-state index is 0.244. The summed E-state index contributed by atoms with van der Waals surface area (Å²) in [5.74, 6) is 0.566. The highest BCUT2D eigenvalue weighted by atomic mass is 15.3. The first-order valence-corrected chi connectivity index (χ1v) is 11.2. The number of hydrogen-bond acceptors (Lipinski definition) is 7. The van der Waals surface area contributed by atoms with Gasteiger partial charge < -0.3 is 9.88 Å². The van der Waals surface area contributed by atoms with E-state index >= 15 is 0 Å². The number of fused-ring (bicyclic) bond motifs is 2. The lowest BCUT2D eigenvalue weighted by Crippen LogP contribution is -2.29. The lowest BCUT2D eigenvalue weighted by molar-refractivity contribution is 0.335. The largest absolute Gasteiger partial charge is 0.351 e. The fraction of sp³-hybridized carbons (Fsp3) is 0.391. The van der Waals surface area contributed by atoms with Crippen molar-refractivity contribution in [2.24, 2.45) is 0 Å². The topological polar surface area (TPSA) is 110 Å². The number of imidazole rings is 1. The fourth-order valence-electron chi connectivity index (χ4n) is 5.06. The molecule has 9 heteroatoms. The van der Waals surface area contributed by atoms with Gasteiger partial charge in [0.1, 0.15) is 11.6 Å². The highest BCUT2D eigenvalue weighted by Gasteiger charge is 2.26. The lowest BCUT2D eigenvalue weighted by Gasteiger charge is -2.30.